The van der Waals surface area contributed by atoms with E-state index in [9.17, 15) is 4.79 Å². The number of carbonyl (C=O) groups is 1. The first kappa shape index (κ1) is 15.6. The number of ketones is 1. The van der Waals surface area contributed by atoms with Gasteiger partial charge >= 0.3 is 0 Å². The molecule has 0 spiro atoms. The van der Waals surface area contributed by atoms with E-state index in [-0.39, 0.29) is 23.7 Å². The summed E-state index contributed by atoms with van der Waals surface area (Å²) in [6.45, 7) is 10.9. The predicted octanol–water partition coefficient (Wildman–Crippen LogP) is 3.83. The van der Waals surface area contributed by atoms with Gasteiger partial charge in [-0.2, -0.15) is 0 Å². The van der Waals surface area contributed by atoms with E-state index in [1.807, 2.05) is 13.8 Å². The number of ether oxygens (including phenoxy) is 1. The van der Waals surface area contributed by atoms with Crippen molar-refractivity contribution in [2.45, 2.75) is 66.4 Å². The van der Waals surface area contributed by atoms with Crippen LogP contribution in [0.5, 0.6) is 0 Å². The standard InChI is InChI=1S/C14H28O2/c1-6-7-8-9-10-16-14(12(4)5)13(15)11(2)3/h11-12,14H,6-10H2,1-5H3/t14-/m1/s1. The zero-order valence-corrected chi connectivity index (χ0v) is 11.6. The molecule has 16 heavy (non-hydrogen) atoms. The maximum Gasteiger partial charge on any atom is 0.164 e. The van der Waals surface area contributed by atoms with Crippen LogP contribution in [0, 0.1) is 11.8 Å². The Morgan fingerprint density at radius 1 is 1.06 bits per heavy atom. The van der Waals surface area contributed by atoms with E-state index in [0.717, 1.165) is 13.0 Å². The van der Waals surface area contributed by atoms with Crippen molar-refractivity contribution in [3.05, 3.63) is 0 Å². The first-order valence-corrected chi connectivity index (χ1v) is 6.66. The van der Waals surface area contributed by atoms with Crippen LogP contribution >= 0.6 is 0 Å². The maximum absolute atomic E-state index is 11.9. The van der Waals surface area contributed by atoms with Crippen molar-refractivity contribution in [3.63, 3.8) is 0 Å². The lowest BCUT2D eigenvalue weighted by atomic mass is 9.95. The van der Waals surface area contributed by atoms with Crippen molar-refractivity contribution >= 4 is 5.78 Å². The van der Waals surface area contributed by atoms with Crippen LogP contribution in [-0.2, 0) is 9.53 Å². The molecule has 0 fully saturated rings. The van der Waals surface area contributed by atoms with E-state index in [2.05, 4.69) is 20.8 Å². The molecule has 2 nitrogen and oxygen atoms in total. The summed E-state index contributed by atoms with van der Waals surface area (Å²) in [6, 6.07) is 0. The van der Waals surface area contributed by atoms with Crippen LogP contribution in [-0.4, -0.2) is 18.5 Å². The summed E-state index contributed by atoms with van der Waals surface area (Å²) in [5.41, 5.74) is 0. The van der Waals surface area contributed by atoms with Crippen molar-refractivity contribution in [1.82, 2.24) is 0 Å². The van der Waals surface area contributed by atoms with Crippen LogP contribution < -0.4 is 0 Å². The van der Waals surface area contributed by atoms with Gasteiger partial charge < -0.3 is 4.74 Å². The minimum absolute atomic E-state index is 0.0723. The average molecular weight is 228 g/mol. The normalized spacial score (nSPS) is 13.4. The first-order valence-electron chi connectivity index (χ1n) is 6.66. The highest BCUT2D eigenvalue weighted by Crippen LogP contribution is 2.14. The number of unbranched alkanes of at least 4 members (excludes halogenated alkanes) is 3. The van der Waals surface area contributed by atoms with Crippen molar-refractivity contribution in [2.24, 2.45) is 11.8 Å². The molecule has 0 aliphatic heterocycles. The van der Waals surface area contributed by atoms with E-state index in [0.29, 0.717) is 0 Å². The fourth-order valence-corrected chi connectivity index (χ4v) is 1.67. The molecular weight excluding hydrogens is 200 g/mol. The molecule has 0 bridgehead atoms. The van der Waals surface area contributed by atoms with Gasteiger partial charge in [0.1, 0.15) is 6.10 Å². The van der Waals surface area contributed by atoms with Crippen molar-refractivity contribution in [3.8, 4) is 0 Å². The summed E-state index contributed by atoms with van der Waals surface area (Å²) in [5, 5.41) is 0. The van der Waals surface area contributed by atoms with Gasteiger partial charge in [-0.25, -0.2) is 0 Å². The van der Waals surface area contributed by atoms with Crippen LogP contribution in [0.15, 0.2) is 0 Å². The molecule has 0 aliphatic rings. The molecule has 0 rings (SSSR count). The van der Waals surface area contributed by atoms with Crippen molar-refractivity contribution in [2.75, 3.05) is 6.61 Å². The molecule has 0 aliphatic carbocycles. The SMILES string of the molecule is CCCCCCO[C@@H](C(=O)C(C)C)C(C)C. The third kappa shape index (κ3) is 6.26. The molecule has 0 saturated heterocycles. The Morgan fingerprint density at radius 3 is 2.12 bits per heavy atom. The molecule has 0 saturated carbocycles. The molecule has 0 radical (unpaired) electrons. The Kier molecular flexibility index (Phi) is 8.54. The topological polar surface area (TPSA) is 26.3 Å². The van der Waals surface area contributed by atoms with Crippen LogP contribution in [0.2, 0.25) is 0 Å². The monoisotopic (exact) mass is 228 g/mol. The second kappa shape index (κ2) is 8.74. The Balaban J connectivity index is 3.91. The quantitative estimate of drug-likeness (QED) is 0.561. The largest absolute Gasteiger partial charge is 0.370 e. The Bertz CT molecular complexity index is 185. The highest BCUT2D eigenvalue weighted by Gasteiger charge is 2.24. The number of carbonyl (C=O) groups excluding carboxylic acids is 1. The summed E-state index contributed by atoms with van der Waals surface area (Å²) < 4.78 is 5.72. The van der Waals surface area contributed by atoms with Crippen molar-refractivity contribution in [1.29, 1.82) is 0 Å². The number of Topliss-reactive ketones (excluding diaryl/α,β-unsaturated/α-hetero) is 1. The van der Waals surface area contributed by atoms with E-state index >= 15 is 0 Å². The highest BCUT2D eigenvalue weighted by molar-refractivity contribution is 5.85. The molecule has 0 aromatic heterocycles. The number of hydrogen-bond donors (Lipinski definition) is 0. The van der Waals surface area contributed by atoms with Crippen molar-refractivity contribution < 1.29 is 9.53 Å². The van der Waals surface area contributed by atoms with Gasteiger partial charge in [-0.15, -0.1) is 0 Å². The van der Waals surface area contributed by atoms with Gasteiger partial charge in [0, 0.05) is 12.5 Å². The molecule has 0 N–H and O–H groups in total. The Hall–Kier alpha value is -0.370. The van der Waals surface area contributed by atoms with Gasteiger partial charge in [0.05, 0.1) is 0 Å². The van der Waals surface area contributed by atoms with E-state index in [1.165, 1.54) is 19.3 Å². The number of hydrogen-bond acceptors (Lipinski definition) is 2. The fraction of sp³-hybridized carbons (Fsp3) is 0.929. The Morgan fingerprint density at radius 2 is 1.69 bits per heavy atom. The zero-order valence-electron chi connectivity index (χ0n) is 11.6. The van der Waals surface area contributed by atoms with Gasteiger partial charge in [-0.05, 0) is 12.3 Å². The molecule has 0 aromatic carbocycles. The van der Waals surface area contributed by atoms with E-state index < -0.39 is 0 Å². The molecule has 0 amide bonds. The van der Waals surface area contributed by atoms with Crippen LogP contribution in [0.1, 0.15) is 60.3 Å². The van der Waals surface area contributed by atoms with E-state index in [4.69, 9.17) is 4.74 Å². The van der Waals surface area contributed by atoms with Crippen LogP contribution in [0.4, 0.5) is 0 Å². The summed E-state index contributed by atoms with van der Waals surface area (Å²) in [6.07, 6.45) is 4.56. The highest BCUT2D eigenvalue weighted by atomic mass is 16.5. The van der Waals surface area contributed by atoms with E-state index in [1.54, 1.807) is 0 Å². The second-order valence-corrected chi connectivity index (χ2v) is 5.15. The second-order valence-electron chi connectivity index (χ2n) is 5.15. The minimum atomic E-state index is -0.207. The summed E-state index contributed by atoms with van der Waals surface area (Å²) in [5.74, 6) is 0.592. The average Bonchev–Trinajstić information content (AvgIpc) is 2.21. The molecule has 0 heterocycles. The summed E-state index contributed by atoms with van der Waals surface area (Å²) in [4.78, 5) is 11.9. The maximum atomic E-state index is 11.9. The van der Waals surface area contributed by atoms with Crippen LogP contribution in [0.3, 0.4) is 0 Å². The van der Waals surface area contributed by atoms with Gasteiger partial charge in [-0.1, -0.05) is 53.9 Å². The summed E-state index contributed by atoms with van der Waals surface area (Å²) >= 11 is 0. The third-order valence-corrected chi connectivity index (χ3v) is 2.75. The third-order valence-electron chi connectivity index (χ3n) is 2.75. The fourth-order valence-electron chi connectivity index (χ4n) is 1.67. The predicted molar refractivity (Wildman–Crippen MR) is 68.6 cm³/mol. The van der Waals surface area contributed by atoms with Gasteiger partial charge in [0.15, 0.2) is 5.78 Å². The zero-order chi connectivity index (χ0) is 12.6. The van der Waals surface area contributed by atoms with Crippen LogP contribution in [0.25, 0.3) is 0 Å². The molecule has 0 unspecified atom stereocenters. The van der Waals surface area contributed by atoms with Gasteiger partial charge in [0.25, 0.3) is 0 Å². The molecule has 1 atom stereocenters. The molecule has 0 aromatic rings. The number of rotatable bonds is 9. The summed E-state index contributed by atoms with van der Waals surface area (Å²) in [7, 11) is 0. The minimum Gasteiger partial charge on any atom is -0.370 e. The molecule has 96 valence electrons. The van der Waals surface area contributed by atoms with Gasteiger partial charge in [0.2, 0.25) is 0 Å². The van der Waals surface area contributed by atoms with Gasteiger partial charge in [-0.3, -0.25) is 4.79 Å². The molecule has 2 heteroatoms. The lowest BCUT2D eigenvalue weighted by molar-refractivity contribution is -0.136. The first-order chi connectivity index (χ1) is 7.50. The smallest absolute Gasteiger partial charge is 0.164 e. The lowest BCUT2D eigenvalue weighted by Crippen LogP contribution is -2.33. The lowest BCUT2D eigenvalue weighted by Gasteiger charge is -2.22. The Labute approximate surface area is 101 Å². The molecular formula is C14H28O2.